The molecule has 2 aromatic heterocycles. The summed E-state index contributed by atoms with van der Waals surface area (Å²) in [7, 11) is 0. The van der Waals surface area contributed by atoms with Gasteiger partial charge < -0.3 is 19.2 Å². The van der Waals surface area contributed by atoms with Gasteiger partial charge in [0.25, 0.3) is 5.71 Å². The van der Waals surface area contributed by atoms with Gasteiger partial charge in [0, 0.05) is 50.5 Å². The van der Waals surface area contributed by atoms with E-state index in [1.807, 2.05) is 23.1 Å². The molecule has 1 atom stereocenters. The van der Waals surface area contributed by atoms with Gasteiger partial charge in [-0.15, -0.1) is 0 Å². The molecule has 0 spiro atoms. The standard InChI is InChI=1S/C27H27FN6O2/c28-21-10-8-19(9-11-21)24-23-25(29-18-30-26(23)36-31-24)34-12-4-5-20(17-34)27(35)33-15-13-32(14-16-33)22-6-2-1-3-7-22/h1-3,6-11,18,20H,4-5,12-17H2/t20-/m0/s1. The molecule has 9 heteroatoms. The van der Waals surface area contributed by atoms with Crippen LogP contribution in [0.5, 0.6) is 0 Å². The first-order valence-corrected chi connectivity index (χ1v) is 12.4. The van der Waals surface area contributed by atoms with Crippen LogP contribution in [0.25, 0.3) is 22.4 Å². The molecule has 2 fully saturated rings. The molecule has 2 aliphatic rings. The smallest absolute Gasteiger partial charge is 0.263 e. The van der Waals surface area contributed by atoms with Crippen molar-refractivity contribution in [2.24, 2.45) is 5.92 Å². The van der Waals surface area contributed by atoms with Crippen LogP contribution in [-0.2, 0) is 4.79 Å². The minimum absolute atomic E-state index is 0.0961. The molecule has 0 radical (unpaired) electrons. The summed E-state index contributed by atoms with van der Waals surface area (Å²) in [5.74, 6) is 0.500. The Morgan fingerprint density at radius 2 is 1.69 bits per heavy atom. The maximum Gasteiger partial charge on any atom is 0.263 e. The summed E-state index contributed by atoms with van der Waals surface area (Å²) in [6.45, 7) is 4.48. The molecule has 0 N–H and O–H groups in total. The Morgan fingerprint density at radius 3 is 2.47 bits per heavy atom. The van der Waals surface area contributed by atoms with E-state index in [2.05, 4.69) is 37.1 Å². The molecule has 0 bridgehead atoms. The minimum Gasteiger partial charge on any atom is -0.368 e. The molecule has 4 aromatic rings. The van der Waals surface area contributed by atoms with E-state index in [9.17, 15) is 9.18 Å². The molecule has 1 amide bonds. The highest BCUT2D eigenvalue weighted by molar-refractivity contribution is 5.98. The van der Waals surface area contributed by atoms with Gasteiger partial charge in [0.05, 0.1) is 5.92 Å². The zero-order chi connectivity index (χ0) is 24.5. The van der Waals surface area contributed by atoms with Gasteiger partial charge in [0.15, 0.2) is 0 Å². The number of carbonyl (C=O) groups excluding carboxylic acids is 1. The van der Waals surface area contributed by atoms with E-state index >= 15 is 0 Å². The average Bonchev–Trinajstić information content (AvgIpc) is 3.38. The highest BCUT2D eigenvalue weighted by Gasteiger charge is 2.33. The number of amides is 1. The maximum atomic E-state index is 13.5. The molecular formula is C27H27FN6O2. The molecule has 0 aliphatic carbocycles. The second kappa shape index (κ2) is 9.56. The van der Waals surface area contributed by atoms with E-state index in [0.717, 1.165) is 51.1 Å². The van der Waals surface area contributed by atoms with Crippen LogP contribution in [-0.4, -0.2) is 65.2 Å². The quantitative estimate of drug-likeness (QED) is 0.432. The number of piperidine rings is 1. The van der Waals surface area contributed by atoms with Crippen molar-refractivity contribution in [3.63, 3.8) is 0 Å². The van der Waals surface area contributed by atoms with Crippen LogP contribution in [0.2, 0.25) is 0 Å². The Morgan fingerprint density at radius 1 is 0.917 bits per heavy atom. The van der Waals surface area contributed by atoms with Crippen molar-refractivity contribution in [2.45, 2.75) is 12.8 Å². The highest BCUT2D eigenvalue weighted by atomic mass is 19.1. The average molecular weight is 487 g/mol. The summed E-state index contributed by atoms with van der Waals surface area (Å²) in [6.07, 6.45) is 3.21. The SMILES string of the molecule is O=C([C@H]1CCCN(c2ncnc3onc(-c4ccc(F)cc4)c23)C1)N1CCN(c2ccccc2)CC1. The largest absolute Gasteiger partial charge is 0.368 e. The summed E-state index contributed by atoms with van der Waals surface area (Å²) >= 11 is 0. The van der Waals surface area contributed by atoms with Gasteiger partial charge in [0.1, 0.15) is 29.0 Å². The third-order valence-corrected chi connectivity index (χ3v) is 7.15. The molecule has 36 heavy (non-hydrogen) atoms. The molecule has 2 aromatic carbocycles. The first-order valence-electron chi connectivity index (χ1n) is 12.4. The van der Waals surface area contributed by atoms with E-state index in [0.29, 0.717) is 29.2 Å². The third-order valence-electron chi connectivity index (χ3n) is 7.15. The van der Waals surface area contributed by atoms with Gasteiger partial charge in [-0.3, -0.25) is 4.79 Å². The molecule has 6 rings (SSSR count). The van der Waals surface area contributed by atoms with Crippen LogP contribution in [0, 0.1) is 11.7 Å². The molecule has 2 saturated heterocycles. The van der Waals surface area contributed by atoms with Gasteiger partial charge in [-0.2, -0.15) is 4.98 Å². The van der Waals surface area contributed by atoms with Gasteiger partial charge in [-0.1, -0.05) is 23.4 Å². The van der Waals surface area contributed by atoms with E-state index < -0.39 is 0 Å². The predicted molar refractivity (Wildman–Crippen MR) is 135 cm³/mol. The summed E-state index contributed by atoms with van der Waals surface area (Å²) in [5, 5.41) is 4.89. The van der Waals surface area contributed by atoms with Crippen molar-refractivity contribution in [2.75, 3.05) is 49.1 Å². The summed E-state index contributed by atoms with van der Waals surface area (Å²) in [4.78, 5) is 28.8. The van der Waals surface area contributed by atoms with Gasteiger partial charge in [0.2, 0.25) is 5.91 Å². The van der Waals surface area contributed by atoms with Crippen molar-refractivity contribution < 1.29 is 13.7 Å². The second-order valence-corrected chi connectivity index (χ2v) is 9.35. The molecule has 0 unspecified atom stereocenters. The van der Waals surface area contributed by atoms with Crippen molar-refractivity contribution >= 4 is 28.5 Å². The molecule has 0 saturated carbocycles. The molecular weight excluding hydrogens is 459 g/mol. The number of nitrogens with zero attached hydrogens (tertiary/aromatic N) is 6. The van der Waals surface area contributed by atoms with Crippen LogP contribution in [0.3, 0.4) is 0 Å². The fourth-order valence-electron chi connectivity index (χ4n) is 5.27. The number of para-hydroxylation sites is 1. The Hall–Kier alpha value is -4.01. The number of fused-ring (bicyclic) bond motifs is 1. The third kappa shape index (κ3) is 4.25. The van der Waals surface area contributed by atoms with E-state index in [-0.39, 0.29) is 17.6 Å². The lowest BCUT2D eigenvalue weighted by Gasteiger charge is -2.40. The van der Waals surface area contributed by atoms with Crippen molar-refractivity contribution in [3.05, 3.63) is 66.7 Å². The van der Waals surface area contributed by atoms with Gasteiger partial charge in [-0.05, 0) is 49.2 Å². The number of hydrogen-bond acceptors (Lipinski definition) is 7. The summed E-state index contributed by atoms with van der Waals surface area (Å²) < 4.78 is 19.0. The Bertz CT molecular complexity index is 1350. The lowest BCUT2D eigenvalue weighted by atomic mass is 9.95. The number of carbonyl (C=O) groups is 1. The fourth-order valence-corrected chi connectivity index (χ4v) is 5.27. The topological polar surface area (TPSA) is 78.6 Å². The number of halogens is 1. The van der Waals surface area contributed by atoms with Crippen LogP contribution in [0.1, 0.15) is 12.8 Å². The summed E-state index contributed by atoms with van der Waals surface area (Å²) in [5.41, 5.74) is 2.88. The van der Waals surface area contributed by atoms with E-state index in [1.54, 1.807) is 12.1 Å². The highest BCUT2D eigenvalue weighted by Crippen LogP contribution is 2.35. The minimum atomic E-state index is -0.315. The number of benzene rings is 2. The van der Waals surface area contributed by atoms with Crippen LogP contribution in [0.15, 0.2) is 65.4 Å². The Balaban J connectivity index is 1.19. The molecule has 2 aliphatic heterocycles. The zero-order valence-corrected chi connectivity index (χ0v) is 19.9. The van der Waals surface area contributed by atoms with Crippen LogP contribution in [0.4, 0.5) is 15.9 Å². The van der Waals surface area contributed by atoms with Crippen molar-refractivity contribution in [1.29, 1.82) is 0 Å². The van der Waals surface area contributed by atoms with Crippen LogP contribution >= 0.6 is 0 Å². The zero-order valence-electron chi connectivity index (χ0n) is 19.9. The van der Waals surface area contributed by atoms with E-state index in [4.69, 9.17) is 4.52 Å². The lowest BCUT2D eigenvalue weighted by molar-refractivity contribution is -0.136. The summed E-state index contributed by atoms with van der Waals surface area (Å²) in [6, 6.07) is 16.5. The van der Waals surface area contributed by atoms with Gasteiger partial charge >= 0.3 is 0 Å². The van der Waals surface area contributed by atoms with Crippen molar-refractivity contribution in [1.82, 2.24) is 20.0 Å². The first kappa shape index (κ1) is 22.5. The second-order valence-electron chi connectivity index (χ2n) is 9.35. The molecule has 184 valence electrons. The Labute approximate surface area is 208 Å². The normalized spacial score (nSPS) is 18.6. The van der Waals surface area contributed by atoms with Crippen LogP contribution < -0.4 is 9.80 Å². The molecule has 4 heterocycles. The predicted octanol–water partition coefficient (Wildman–Crippen LogP) is 3.99. The fraction of sp³-hybridized carbons (Fsp3) is 0.333. The maximum absolute atomic E-state index is 13.5. The number of rotatable bonds is 4. The van der Waals surface area contributed by atoms with Crippen molar-refractivity contribution in [3.8, 4) is 11.3 Å². The number of piperazine rings is 1. The van der Waals surface area contributed by atoms with E-state index in [1.165, 1.54) is 24.1 Å². The Kier molecular flexibility index (Phi) is 5.96. The monoisotopic (exact) mass is 486 g/mol. The molecule has 8 nitrogen and oxygen atoms in total. The first-order chi connectivity index (χ1) is 17.7. The number of anilines is 2. The number of aromatic nitrogens is 3. The number of hydrogen-bond donors (Lipinski definition) is 0. The van der Waals surface area contributed by atoms with Gasteiger partial charge in [-0.25, -0.2) is 9.37 Å². The lowest BCUT2D eigenvalue weighted by Crippen LogP contribution is -2.52.